The minimum atomic E-state index is 0.241. The third-order valence-corrected chi connectivity index (χ3v) is 2.09. The van der Waals surface area contributed by atoms with Gasteiger partial charge in [-0.15, -0.1) is 6.58 Å². The first kappa shape index (κ1) is 10.6. The van der Waals surface area contributed by atoms with Crippen LogP contribution in [0.25, 0.3) is 0 Å². The number of hydrogen-bond donors (Lipinski definition) is 1. The van der Waals surface area contributed by atoms with Gasteiger partial charge in [0.15, 0.2) is 0 Å². The summed E-state index contributed by atoms with van der Waals surface area (Å²) >= 11 is 0. The second-order valence-electron chi connectivity index (χ2n) is 3.37. The molecule has 2 nitrogen and oxygen atoms in total. The molecule has 1 aromatic rings. The Balaban J connectivity index is 2.92. The van der Waals surface area contributed by atoms with Crippen molar-refractivity contribution >= 4 is 5.69 Å². The van der Waals surface area contributed by atoms with E-state index in [4.69, 9.17) is 4.74 Å². The molecule has 0 amide bonds. The highest BCUT2D eigenvalue weighted by atomic mass is 16.5. The van der Waals surface area contributed by atoms with Crippen LogP contribution in [0.5, 0.6) is 5.75 Å². The van der Waals surface area contributed by atoms with E-state index < -0.39 is 0 Å². The van der Waals surface area contributed by atoms with Gasteiger partial charge in [0.25, 0.3) is 0 Å². The standard InChI is InChI=1S/C12H17NO/c1-5-10(3)13-11-8-9(2)6-7-12(11)14-4/h5-8,10,13H,1H2,2-4H3. The second kappa shape index (κ2) is 4.70. The molecule has 0 heterocycles. The third kappa shape index (κ3) is 2.52. The van der Waals surface area contributed by atoms with Gasteiger partial charge in [-0.2, -0.15) is 0 Å². The monoisotopic (exact) mass is 191 g/mol. The summed E-state index contributed by atoms with van der Waals surface area (Å²) in [6.07, 6.45) is 1.86. The molecule has 1 atom stereocenters. The Hall–Kier alpha value is -1.44. The van der Waals surface area contributed by atoms with E-state index in [2.05, 4.69) is 31.8 Å². The number of anilines is 1. The minimum Gasteiger partial charge on any atom is -0.495 e. The van der Waals surface area contributed by atoms with Crippen molar-refractivity contribution in [3.8, 4) is 5.75 Å². The number of methoxy groups -OCH3 is 1. The molecule has 0 aliphatic heterocycles. The van der Waals surface area contributed by atoms with Crippen LogP contribution in [0.1, 0.15) is 12.5 Å². The summed E-state index contributed by atoms with van der Waals surface area (Å²) in [6, 6.07) is 6.31. The van der Waals surface area contributed by atoms with Gasteiger partial charge in [0.2, 0.25) is 0 Å². The van der Waals surface area contributed by atoms with Crippen LogP contribution in [0.2, 0.25) is 0 Å². The Morgan fingerprint density at radius 3 is 2.79 bits per heavy atom. The highest BCUT2D eigenvalue weighted by Crippen LogP contribution is 2.25. The number of ether oxygens (including phenoxy) is 1. The van der Waals surface area contributed by atoms with Gasteiger partial charge in [-0.25, -0.2) is 0 Å². The van der Waals surface area contributed by atoms with Gasteiger partial charge >= 0.3 is 0 Å². The molecule has 1 aromatic carbocycles. The highest BCUT2D eigenvalue weighted by Gasteiger charge is 2.04. The van der Waals surface area contributed by atoms with Gasteiger partial charge < -0.3 is 10.1 Å². The fourth-order valence-electron chi connectivity index (χ4n) is 1.24. The van der Waals surface area contributed by atoms with E-state index in [1.807, 2.05) is 18.2 Å². The summed E-state index contributed by atoms with van der Waals surface area (Å²) in [5.74, 6) is 0.865. The normalized spacial score (nSPS) is 11.9. The number of nitrogens with one attached hydrogen (secondary N) is 1. The molecule has 2 heteroatoms. The first-order chi connectivity index (χ1) is 6.67. The maximum absolute atomic E-state index is 5.25. The van der Waals surface area contributed by atoms with Crippen molar-refractivity contribution in [1.82, 2.24) is 0 Å². The molecule has 1 rings (SSSR count). The van der Waals surface area contributed by atoms with E-state index >= 15 is 0 Å². The largest absolute Gasteiger partial charge is 0.495 e. The Bertz CT molecular complexity index is 320. The Labute approximate surface area is 85.6 Å². The van der Waals surface area contributed by atoms with Gasteiger partial charge in [-0.3, -0.25) is 0 Å². The van der Waals surface area contributed by atoms with E-state index in [0.717, 1.165) is 11.4 Å². The zero-order chi connectivity index (χ0) is 10.6. The molecule has 1 unspecified atom stereocenters. The summed E-state index contributed by atoms with van der Waals surface area (Å²) in [5.41, 5.74) is 2.23. The molecule has 14 heavy (non-hydrogen) atoms. The SMILES string of the molecule is C=CC(C)Nc1cc(C)ccc1OC. The summed E-state index contributed by atoms with van der Waals surface area (Å²) in [4.78, 5) is 0. The predicted molar refractivity (Wildman–Crippen MR) is 61.0 cm³/mol. The lowest BCUT2D eigenvalue weighted by molar-refractivity contribution is 0.416. The van der Waals surface area contributed by atoms with Gasteiger partial charge in [0.05, 0.1) is 12.8 Å². The lowest BCUT2D eigenvalue weighted by Crippen LogP contribution is -2.12. The molecule has 0 saturated carbocycles. The van der Waals surface area contributed by atoms with Crippen molar-refractivity contribution in [2.45, 2.75) is 19.9 Å². The van der Waals surface area contributed by atoms with Crippen LogP contribution in [0, 0.1) is 6.92 Å². The average molecular weight is 191 g/mol. The van der Waals surface area contributed by atoms with Crippen molar-refractivity contribution in [3.63, 3.8) is 0 Å². The molecule has 76 valence electrons. The molecule has 0 bridgehead atoms. The van der Waals surface area contributed by atoms with Gasteiger partial charge in [0, 0.05) is 6.04 Å². The number of rotatable bonds is 4. The molecule has 0 aromatic heterocycles. The van der Waals surface area contributed by atoms with Crippen molar-refractivity contribution < 1.29 is 4.74 Å². The number of aryl methyl sites for hydroxylation is 1. The van der Waals surface area contributed by atoms with Crippen LogP contribution in [0.4, 0.5) is 5.69 Å². The molecule has 0 saturated heterocycles. The van der Waals surface area contributed by atoms with Crippen molar-refractivity contribution in [3.05, 3.63) is 36.4 Å². The smallest absolute Gasteiger partial charge is 0.141 e. The second-order valence-corrected chi connectivity index (χ2v) is 3.37. The van der Waals surface area contributed by atoms with Gasteiger partial charge in [-0.05, 0) is 31.5 Å². The number of benzene rings is 1. The van der Waals surface area contributed by atoms with Crippen LogP contribution < -0.4 is 10.1 Å². The van der Waals surface area contributed by atoms with Crippen LogP contribution in [-0.4, -0.2) is 13.2 Å². The lowest BCUT2D eigenvalue weighted by atomic mass is 10.2. The topological polar surface area (TPSA) is 21.3 Å². The zero-order valence-corrected chi connectivity index (χ0v) is 9.00. The van der Waals surface area contributed by atoms with E-state index in [9.17, 15) is 0 Å². The van der Waals surface area contributed by atoms with Crippen LogP contribution in [0.3, 0.4) is 0 Å². The van der Waals surface area contributed by atoms with Crippen molar-refractivity contribution in [2.24, 2.45) is 0 Å². The van der Waals surface area contributed by atoms with E-state index in [-0.39, 0.29) is 6.04 Å². The fraction of sp³-hybridized carbons (Fsp3) is 0.333. The molecule has 1 N–H and O–H groups in total. The van der Waals surface area contributed by atoms with E-state index in [0.29, 0.717) is 0 Å². The van der Waals surface area contributed by atoms with E-state index in [1.54, 1.807) is 7.11 Å². The molecule has 0 fully saturated rings. The van der Waals surface area contributed by atoms with Crippen LogP contribution in [-0.2, 0) is 0 Å². The fourth-order valence-corrected chi connectivity index (χ4v) is 1.24. The first-order valence-electron chi connectivity index (χ1n) is 4.71. The van der Waals surface area contributed by atoms with Gasteiger partial charge in [-0.1, -0.05) is 12.1 Å². The van der Waals surface area contributed by atoms with Crippen LogP contribution >= 0.6 is 0 Å². The minimum absolute atomic E-state index is 0.241. The maximum Gasteiger partial charge on any atom is 0.141 e. The number of hydrogen-bond acceptors (Lipinski definition) is 2. The lowest BCUT2D eigenvalue weighted by Gasteiger charge is -2.14. The van der Waals surface area contributed by atoms with Gasteiger partial charge in [0.1, 0.15) is 5.75 Å². The summed E-state index contributed by atoms with van der Waals surface area (Å²) in [6.45, 7) is 7.84. The molecular formula is C12H17NO. The van der Waals surface area contributed by atoms with Crippen molar-refractivity contribution in [2.75, 3.05) is 12.4 Å². The van der Waals surface area contributed by atoms with E-state index in [1.165, 1.54) is 5.56 Å². The summed E-state index contributed by atoms with van der Waals surface area (Å²) in [5, 5.41) is 3.31. The molecule has 0 radical (unpaired) electrons. The average Bonchev–Trinajstić information content (AvgIpc) is 2.18. The maximum atomic E-state index is 5.25. The Kier molecular flexibility index (Phi) is 3.57. The Morgan fingerprint density at radius 1 is 1.50 bits per heavy atom. The molecular weight excluding hydrogens is 174 g/mol. The summed E-state index contributed by atoms with van der Waals surface area (Å²) in [7, 11) is 1.68. The Morgan fingerprint density at radius 2 is 2.21 bits per heavy atom. The first-order valence-corrected chi connectivity index (χ1v) is 4.71. The summed E-state index contributed by atoms with van der Waals surface area (Å²) < 4.78 is 5.25. The molecule has 0 aliphatic carbocycles. The van der Waals surface area contributed by atoms with Crippen LogP contribution in [0.15, 0.2) is 30.9 Å². The quantitative estimate of drug-likeness (QED) is 0.739. The van der Waals surface area contributed by atoms with Crippen molar-refractivity contribution in [1.29, 1.82) is 0 Å². The zero-order valence-electron chi connectivity index (χ0n) is 9.00. The highest BCUT2D eigenvalue weighted by molar-refractivity contribution is 5.58. The molecule has 0 spiro atoms. The third-order valence-electron chi connectivity index (χ3n) is 2.09. The molecule has 0 aliphatic rings. The predicted octanol–water partition coefficient (Wildman–Crippen LogP) is 2.99.